The van der Waals surface area contributed by atoms with Crippen molar-refractivity contribution >= 4 is 5.91 Å². The molecule has 0 aromatic carbocycles. The highest BCUT2D eigenvalue weighted by molar-refractivity contribution is 5.72. The number of ether oxygens (including phenoxy) is 1. The van der Waals surface area contributed by atoms with Gasteiger partial charge in [0.15, 0.2) is 0 Å². The Labute approximate surface area is 97.5 Å². The average molecular weight is 229 g/mol. The Morgan fingerprint density at radius 2 is 2.38 bits per heavy atom. The molecular formula is C11H23N3O2. The first kappa shape index (κ1) is 13.4. The van der Waals surface area contributed by atoms with E-state index in [-0.39, 0.29) is 12.0 Å². The first-order valence-electron chi connectivity index (χ1n) is 6.01. The number of rotatable bonds is 6. The minimum Gasteiger partial charge on any atom is -0.374 e. The molecule has 1 aliphatic rings. The molecule has 1 rings (SSSR count). The van der Waals surface area contributed by atoms with Gasteiger partial charge in [-0.15, -0.1) is 0 Å². The van der Waals surface area contributed by atoms with E-state index in [1.807, 2.05) is 0 Å². The summed E-state index contributed by atoms with van der Waals surface area (Å²) in [6, 6.07) is 0. The predicted octanol–water partition coefficient (Wildman–Crippen LogP) is -0.567. The van der Waals surface area contributed by atoms with Crippen molar-refractivity contribution in [2.45, 2.75) is 20.0 Å². The molecule has 5 heteroatoms. The second-order valence-corrected chi connectivity index (χ2v) is 4.08. The zero-order valence-corrected chi connectivity index (χ0v) is 10.3. The van der Waals surface area contributed by atoms with Crippen LogP contribution in [0.25, 0.3) is 0 Å². The normalized spacial score (nSPS) is 22.0. The Hall–Kier alpha value is -0.650. The molecular weight excluding hydrogens is 206 g/mol. The van der Waals surface area contributed by atoms with E-state index >= 15 is 0 Å². The highest BCUT2D eigenvalue weighted by Gasteiger charge is 2.19. The maximum absolute atomic E-state index is 10.8. The molecule has 1 heterocycles. The summed E-state index contributed by atoms with van der Waals surface area (Å²) in [5.74, 6) is 0.00775. The molecule has 0 radical (unpaired) electrons. The van der Waals surface area contributed by atoms with Crippen molar-refractivity contribution in [2.24, 2.45) is 0 Å². The lowest BCUT2D eigenvalue weighted by molar-refractivity contribution is -0.120. The largest absolute Gasteiger partial charge is 0.374 e. The van der Waals surface area contributed by atoms with Gasteiger partial charge in [0.1, 0.15) is 0 Å². The zero-order valence-electron chi connectivity index (χ0n) is 10.3. The minimum absolute atomic E-state index is 0.00775. The summed E-state index contributed by atoms with van der Waals surface area (Å²) in [6.45, 7) is 10.00. The number of hydrogen-bond acceptors (Lipinski definition) is 4. The molecule has 0 saturated carbocycles. The summed E-state index contributed by atoms with van der Waals surface area (Å²) >= 11 is 0. The standard InChI is InChI=1S/C11H23N3O2/c1-3-12-4-5-14-6-7-16-11(9-14)8-13-10(2)15/h11-12H,3-9H2,1-2H3,(H,13,15)/t11-/m1/s1. The number of likely N-dealkylation sites (N-methyl/N-ethyl adjacent to an activating group) is 1. The van der Waals surface area contributed by atoms with E-state index in [2.05, 4.69) is 22.5 Å². The van der Waals surface area contributed by atoms with Crippen LogP contribution in [0, 0.1) is 0 Å². The molecule has 0 bridgehead atoms. The second-order valence-electron chi connectivity index (χ2n) is 4.08. The minimum atomic E-state index is 0.00775. The van der Waals surface area contributed by atoms with Crippen molar-refractivity contribution in [1.29, 1.82) is 0 Å². The Morgan fingerprint density at radius 3 is 3.06 bits per heavy atom. The van der Waals surface area contributed by atoms with Gasteiger partial charge in [-0.2, -0.15) is 0 Å². The van der Waals surface area contributed by atoms with Crippen molar-refractivity contribution in [3.8, 4) is 0 Å². The maximum Gasteiger partial charge on any atom is 0.216 e. The molecule has 16 heavy (non-hydrogen) atoms. The van der Waals surface area contributed by atoms with Crippen molar-refractivity contribution in [2.75, 3.05) is 45.9 Å². The van der Waals surface area contributed by atoms with Gasteiger partial charge in [0, 0.05) is 39.6 Å². The van der Waals surface area contributed by atoms with Crippen LogP contribution >= 0.6 is 0 Å². The molecule has 0 unspecified atom stereocenters. The van der Waals surface area contributed by atoms with Crippen LogP contribution in [0.1, 0.15) is 13.8 Å². The van der Waals surface area contributed by atoms with Crippen molar-refractivity contribution < 1.29 is 9.53 Å². The summed E-state index contributed by atoms with van der Waals surface area (Å²) in [5, 5.41) is 6.11. The highest BCUT2D eigenvalue weighted by Crippen LogP contribution is 2.03. The van der Waals surface area contributed by atoms with Crippen molar-refractivity contribution in [3.05, 3.63) is 0 Å². The van der Waals surface area contributed by atoms with E-state index in [0.717, 1.165) is 39.3 Å². The van der Waals surface area contributed by atoms with Gasteiger partial charge in [-0.05, 0) is 6.54 Å². The lowest BCUT2D eigenvalue weighted by Crippen LogP contribution is -2.48. The van der Waals surface area contributed by atoms with Gasteiger partial charge in [-0.1, -0.05) is 6.92 Å². The summed E-state index contributed by atoms with van der Waals surface area (Å²) in [4.78, 5) is 13.2. The molecule has 0 aliphatic carbocycles. The molecule has 5 nitrogen and oxygen atoms in total. The fourth-order valence-corrected chi connectivity index (χ4v) is 1.78. The molecule has 1 fully saturated rings. The lowest BCUT2D eigenvalue weighted by Gasteiger charge is -2.32. The molecule has 0 spiro atoms. The van der Waals surface area contributed by atoms with Crippen LogP contribution in [0.5, 0.6) is 0 Å². The topological polar surface area (TPSA) is 53.6 Å². The van der Waals surface area contributed by atoms with Gasteiger partial charge in [0.25, 0.3) is 0 Å². The third kappa shape index (κ3) is 5.44. The molecule has 1 atom stereocenters. The molecule has 0 aromatic rings. The fraction of sp³-hybridized carbons (Fsp3) is 0.909. The zero-order chi connectivity index (χ0) is 11.8. The molecule has 1 saturated heterocycles. The Morgan fingerprint density at radius 1 is 1.56 bits per heavy atom. The van der Waals surface area contributed by atoms with Crippen LogP contribution in [0.4, 0.5) is 0 Å². The average Bonchev–Trinajstić information content (AvgIpc) is 2.27. The number of carbonyl (C=O) groups is 1. The number of nitrogens with one attached hydrogen (secondary N) is 2. The van der Waals surface area contributed by atoms with Crippen LogP contribution in [-0.2, 0) is 9.53 Å². The Balaban J connectivity index is 2.16. The SMILES string of the molecule is CCNCCN1CCO[C@H](CNC(C)=O)C1. The summed E-state index contributed by atoms with van der Waals surface area (Å²) < 4.78 is 5.59. The molecule has 1 aliphatic heterocycles. The molecule has 2 N–H and O–H groups in total. The summed E-state index contributed by atoms with van der Waals surface area (Å²) in [7, 11) is 0. The van der Waals surface area contributed by atoms with E-state index in [0.29, 0.717) is 6.54 Å². The maximum atomic E-state index is 10.8. The molecule has 94 valence electrons. The van der Waals surface area contributed by atoms with E-state index in [1.54, 1.807) is 0 Å². The first-order valence-corrected chi connectivity index (χ1v) is 6.01. The lowest BCUT2D eigenvalue weighted by atomic mass is 10.2. The van der Waals surface area contributed by atoms with E-state index < -0.39 is 0 Å². The third-order valence-electron chi connectivity index (χ3n) is 2.66. The van der Waals surface area contributed by atoms with Gasteiger partial charge >= 0.3 is 0 Å². The predicted molar refractivity (Wildman–Crippen MR) is 63.4 cm³/mol. The van der Waals surface area contributed by atoms with Crippen LogP contribution in [0.3, 0.4) is 0 Å². The van der Waals surface area contributed by atoms with Gasteiger partial charge in [0.05, 0.1) is 12.7 Å². The Kier molecular flexibility index (Phi) is 6.37. The Bertz CT molecular complexity index is 211. The number of amides is 1. The number of nitrogens with zero attached hydrogens (tertiary/aromatic N) is 1. The van der Waals surface area contributed by atoms with E-state index in [9.17, 15) is 4.79 Å². The van der Waals surface area contributed by atoms with Crippen LogP contribution in [0.15, 0.2) is 0 Å². The molecule has 0 aromatic heterocycles. The highest BCUT2D eigenvalue weighted by atomic mass is 16.5. The monoisotopic (exact) mass is 229 g/mol. The molecule has 1 amide bonds. The van der Waals surface area contributed by atoms with Crippen LogP contribution < -0.4 is 10.6 Å². The summed E-state index contributed by atoms with van der Waals surface area (Å²) in [5.41, 5.74) is 0. The van der Waals surface area contributed by atoms with Gasteiger partial charge in [0.2, 0.25) is 5.91 Å². The number of hydrogen-bond donors (Lipinski definition) is 2. The van der Waals surface area contributed by atoms with E-state index in [1.165, 1.54) is 6.92 Å². The van der Waals surface area contributed by atoms with Crippen LogP contribution in [-0.4, -0.2) is 62.8 Å². The van der Waals surface area contributed by atoms with E-state index in [4.69, 9.17) is 4.74 Å². The van der Waals surface area contributed by atoms with Gasteiger partial charge in [-0.25, -0.2) is 0 Å². The smallest absolute Gasteiger partial charge is 0.216 e. The van der Waals surface area contributed by atoms with Gasteiger partial charge < -0.3 is 15.4 Å². The fourth-order valence-electron chi connectivity index (χ4n) is 1.78. The number of morpholine rings is 1. The second kappa shape index (κ2) is 7.60. The number of carbonyl (C=O) groups excluding carboxylic acids is 1. The van der Waals surface area contributed by atoms with Crippen molar-refractivity contribution in [1.82, 2.24) is 15.5 Å². The first-order chi connectivity index (χ1) is 7.72. The third-order valence-corrected chi connectivity index (χ3v) is 2.66. The quantitative estimate of drug-likeness (QED) is 0.599. The van der Waals surface area contributed by atoms with Crippen molar-refractivity contribution in [3.63, 3.8) is 0 Å². The van der Waals surface area contributed by atoms with Crippen LogP contribution in [0.2, 0.25) is 0 Å². The summed E-state index contributed by atoms with van der Waals surface area (Å²) in [6.07, 6.45) is 0.138. The van der Waals surface area contributed by atoms with Gasteiger partial charge in [-0.3, -0.25) is 9.69 Å².